The van der Waals surface area contributed by atoms with Gasteiger partial charge < -0.3 is 15.4 Å². The van der Waals surface area contributed by atoms with Crippen molar-refractivity contribution < 1.29 is 9.53 Å². The number of nitrogens with one attached hydrogen (secondary N) is 2. The quantitative estimate of drug-likeness (QED) is 0.870. The first-order chi connectivity index (χ1) is 8.94. The molecule has 0 aliphatic heterocycles. The lowest BCUT2D eigenvalue weighted by Crippen LogP contribution is -2.36. The molecule has 1 aromatic rings. The summed E-state index contributed by atoms with van der Waals surface area (Å²) in [6.45, 7) is 6.35. The maximum absolute atomic E-state index is 11.6. The molecule has 2 N–H and O–H groups in total. The highest BCUT2D eigenvalue weighted by Gasteiger charge is 2.38. The van der Waals surface area contributed by atoms with E-state index in [0.29, 0.717) is 6.04 Å². The number of ether oxygens (including phenoxy) is 1. The van der Waals surface area contributed by atoms with Crippen LogP contribution in [0.5, 0.6) is 0 Å². The number of nitrogens with zero attached hydrogens (tertiary/aromatic N) is 1. The molecule has 0 aromatic carbocycles. The highest BCUT2D eigenvalue weighted by atomic mass is 16.6. The fourth-order valence-corrected chi connectivity index (χ4v) is 1.79. The van der Waals surface area contributed by atoms with E-state index >= 15 is 0 Å². The van der Waals surface area contributed by atoms with Crippen molar-refractivity contribution in [2.24, 2.45) is 0 Å². The Labute approximate surface area is 113 Å². The summed E-state index contributed by atoms with van der Waals surface area (Å²) >= 11 is 0. The Balaban J connectivity index is 1.66. The lowest BCUT2D eigenvalue weighted by atomic mass is 10.2. The van der Waals surface area contributed by atoms with Crippen LogP contribution in [-0.2, 0) is 11.3 Å². The van der Waals surface area contributed by atoms with Crippen LogP contribution in [0.15, 0.2) is 24.5 Å². The van der Waals surface area contributed by atoms with Crippen LogP contribution in [0.3, 0.4) is 0 Å². The summed E-state index contributed by atoms with van der Waals surface area (Å²) in [4.78, 5) is 15.6. The molecule has 0 spiro atoms. The van der Waals surface area contributed by atoms with Crippen molar-refractivity contribution in [1.82, 2.24) is 15.6 Å². The van der Waals surface area contributed by atoms with Crippen molar-refractivity contribution in [3.05, 3.63) is 30.1 Å². The van der Waals surface area contributed by atoms with Gasteiger partial charge >= 0.3 is 6.09 Å². The minimum absolute atomic E-state index is 0.173. The molecule has 0 radical (unpaired) electrons. The maximum atomic E-state index is 11.6. The number of hydrogen-bond acceptors (Lipinski definition) is 4. The molecule has 1 aliphatic carbocycles. The number of carbonyl (C=O) groups is 1. The number of pyridine rings is 1. The first kappa shape index (κ1) is 13.8. The number of amides is 1. The number of aromatic nitrogens is 1. The summed E-state index contributed by atoms with van der Waals surface area (Å²) < 4.78 is 5.21. The SMILES string of the molecule is CC(C)(C)OC(=O)NC1CC1NCc1cccnc1. The van der Waals surface area contributed by atoms with Gasteiger partial charge in [0.05, 0.1) is 0 Å². The third kappa shape index (κ3) is 4.87. The van der Waals surface area contributed by atoms with Crippen molar-refractivity contribution >= 4 is 6.09 Å². The summed E-state index contributed by atoms with van der Waals surface area (Å²) in [5.41, 5.74) is 0.697. The molecule has 5 nitrogen and oxygen atoms in total. The highest BCUT2D eigenvalue weighted by molar-refractivity contribution is 5.68. The van der Waals surface area contributed by atoms with Crippen LogP contribution < -0.4 is 10.6 Å². The van der Waals surface area contributed by atoms with Crippen LogP contribution in [0, 0.1) is 0 Å². The highest BCUT2D eigenvalue weighted by Crippen LogP contribution is 2.22. The van der Waals surface area contributed by atoms with Crippen LogP contribution in [-0.4, -0.2) is 28.8 Å². The van der Waals surface area contributed by atoms with Gasteiger partial charge in [-0.25, -0.2) is 4.79 Å². The molecule has 2 atom stereocenters. The minimum Gasteiger partial charge on any atom is -0.444 e. The van der Waals surface area contributed by atoms with Gasteiger partial charge in [0.25, 0.3) is 0 Å². The van der Waals surface area contributed by atoms with Crippen LogP contribution in [0.1, 0.15) is 32.8 Å². The maximum Gasteiger partial charge on any atom is 0.407 e. The van der Waals surface area contributed by atoms with Gasteiger partial charge in [-0.15, -0.1) is 0 Å². The average Bonchev–Trinajstić information content (AvgIpc) is 3.03. The molecule has 104 valence electrons. The molecule has 2 unspecified atom stereocenters. The summed E-state index contributed by atoms with van der Waals surface area (Å²) in [6.07, 6.45) is 4.20. The monoisotopic (exact) mass is 263 g/mol. The molecule has 1 fully saturated rings. The molecule has 1 saturated carbocycles. The molecule has 0 saturated heterocycles. The van der Waals surface area contributed by atoms with E-state index in [1.54, 1.807) is 6.20 Å². The zero-order valence-electron chi connectivity index (χ0n) is 11.6. The standard InChI is InChI=1S/C14H21N3O2/c1-14(2,3)19-13(18)17-12-7-11(12)16-9-10-5-4-6-15-8-10/h4-6,8,11-12,16H,7,9H2,1-3H3,(H,17,18). The zero-order chi connectivity index (χ0) is 13.9. The number of carbonyl (C=O) groups excluding carboxylic acids is 1. The third-order valence-corrected chi connectivity index (χ3v) is 2.78. The first-order valence-corrected chi connectivity index (χ1v) is 6.56. The van der Waals surface area contributed by atoms with Crippen molar-refractivity contribution in [2.45, 2.75) is 51.4 Å². The smallest absolute Gasteiger partial charge is 0.407 e. The molecular weight excluding hydrogens is 242 g/mol. The Kier molecular flexibility index (Phi) is 4.04. The average molecular weight is 263 g/mol. The topological polar surface area (TPSA) is 63.2 Å². The van der Waals surface area contributed by atoms with Crippen molar-refractivity contribution in [1.29, 1.82) is 0 Å². The van der Waals surface area contributed by atoms with E-state index in [1.807, 2.05) is 39.1 Å². The second kappa shape index (κ2) is 5.57. The van der Waals surface area contributed by atoms with Crippen molar-refractivity contribution in [3.63, 3.8) is 0 Å². The van der Waals surface area contributed by atoms with Crippen LogP contribution in [0.2, 0.25) is 0 Å². The lowest BCUT2D eigenvalue weighted by molar-refractivity contribution is 0.0522. The third-order valence-electron chi connectivity index (χ3n) is 2.78. The predicted octanol–water partition coefficient (Wildman–Crippen LogP) is 1.84. The van der Waals surface area contributed by atoms with E-state index in [0.717, 1.165) is 18.5 Å². The van der Waals surface area contributed by atoms with Gasteiger partial charge in [0.15, 0.2) is 0 Å². The van der Waals surface area contributed by atoms with Gasteiger partial charge in [-0.2, -0.15) is 0 Å². The van der Waals surface area contributed by atoms with E-state index < -0.39 is 5.60 Å². The largest absolute Gasteiger partial charge is 0.444 e. The predicted molar refractivity (Wildman–Crippen MR) is 72.6 cm³/mol. The molecule has 1 aromatic heterocycles. The Morgan fingerprint density at radius 3 is 2.89 bits per heavy atom. The molecule has 1 aliphatic rings. The Hall–Kier alpha value is -1.62. The van der Waals surface area contributed by atoms with Gasteiger partial charge in [-0.1, -0.05) is 6.07 Å². The molecule has 2 rings (SSSR count). The number of alkyl carbamates (subject to hydrolysis) is 1. The minimum atomic E-state index is -0.447. The van der Waals surface area contributed by atoms with Crippen LogP contribution in [0.4, 0.5) is 4.79 Å². The Morgan fingerprint density at radius 2 is 2.26 bits per heavy atom. The van der Waals surface area contributed by atoms with Crippen LogP contribution >= 0.6 is 0 Å². The molecular formula is C14H21N3O2. The van der Waals surface area contributed by atoms with E-state index in [9.17, 15) is 4.79 Å². The molecule has 1 heterocycles. The summed E-state index contributed by atoms with van der Waals surface area (Å²) in [7, 11) is 0. The van der Waals surface area contributed by atoms with E-state index in [4.69, 9.17) is 4.74 Å². The summed E-state index contributed by atoms with van der Waals surface area (Å²) in [6, 6.07) is 4.44. The first-order valence-electron chi connectivity index (χ1n) is 6.56. The van der Waals surface area contributed by atoms with E-state index in [-0.39, 0.29) is 12.1 Å². The normalized spacial score (nSPS) is 21.8. The number of hydrogen-bond donors (Lipinski definition) is 2. The molecule has 19 heavy (non-hydrogen) atoms. The van der Waals surface area contributed by atoms with E-state index in [1.165, 1.54) is 0 Å². The van der Waals surface area contributed by atoms with Crippen molar-refractivity contribution in [2.75, 3.05) is 0 Å². The van der Waals surface area contributed by atoms with Gasteiger partial charge in [0.1, 0.15) is 5.60 Å². The second-order valence-electron chi connectivity index (χ2n) is 5.84. The molecule has 0 bridgehead atoms. The van der Waals surface area contributed by atoms with Crippen molar-refractivity contribution in [3.8, 4) is 0 Å². The molecule has 1 amide bonds. The van der Waals surface area contributed by atoms with Gasteiger partial charge in [-0.05, 0) is 38.8 Å². The second-order valence-corrected chi connectivity index (χ2v) is 5.84. The van der Waals surface area contributed by atoms with Gasteiger partial charge in [0.2, 0.25) is 0 Å². The summed E-state index contributed by atoms with van der Waals surface area (Å²) in [5.74, 6) is 0. The molecule has 5 heteroatoms. The lowest BCUT2D eigenvalue weighted by Gasteiger charge is -2.19. The fraction of sp³-hybridized carbons (Fsp3) is 0.571. The fourth-order valence-electron chi connectivity index (χ4n) is 1.79. The van der Waals surface area contributed by atoms with Gasteiger partial charge in [-0.3, -0.25) is 4.98 Å². The Bertz CT molecular complexity index is 428. The summed E-state index contributed by atoms with van der Waals surface area (Å²) in [5, 5.41) is 6.24. The Morgan fingerprint density at radius 1 is 1.47 bits per heavy atom. The zero-order valence-corrected chi connectivity index (χ0v) is 11.6. The van der Waals surface area contributed by atoms with E-state index in [2.05, 4.69) is 15.6 Å². The number of rotatable bonds is 4. The van der Waals surface area contributed by atoms with Gasteiger partial charge in [0, 0.05) is 31.0 Å². The van der Waals surface area contributed by atoms with Crippen LogP contribution in [0.25, 0.3) is 0 Å².